The van der Waals surface area contributed by atoms with Gasteiger partial charge in [0.1, 0.15) is 17.7 Å². The zero-order valence-electron chi connectivity index (χ0n) is 9.19. The average molecular weight is 254 g/mol. The van der Waals surface area contributed by atoms with E-state index in [4.69, 9.17) is 9.84 Å². The fourth-order valence-corrected chi connectivity index (χ4v) is 1.97. The predicted molar refractivity (Wildman–Crippen MR) is 57.3 cm³/mol. The molecule has 8 heteroatoms. The first-order chi connectivity index (χ1) is 8.70. The van der Waals surface area contributed by atoms with Gasteiger partial charge in [-0.15, -0.1) is 0 Å². The molecule has 0 saturated carbocycles. The molecular weight excluding hydrogens is 243 g/mol. The first-order valence-corrected chi connectivity index (χ1v) is 5.45. The Labute approximate surface area is 101 Å². The van der Waals surface area contributed by atoms with Gasteiger partial charge in [0.15, 0.2) is 23.7 Å². The molecule has 1 saturated heterocycles. The quantitative estimate of drug-likeness (QED) is 0.666. The number of hydrogen-bond acceptors (Lipinski definition) is 6. The molecule has 0 unspecified atom stereocenters. The number of fused-ring (bicyclic) bond motifs is 1. The van der Waals surface area contributed by atoms with Crippen molar-refractivity contribution < 1.29 is 19.3 Å². The Kier molecular flexibility index (Phi) is 2.69. The largest absolute Gasteiger partial charge is 0.394 e. The summed E-state index contributed by atoms with van der Waals surface area (Å²) >= 11 is 0. The normalized spacial score (nSPS) is 32.2. The van der Waals surface area contributed by atoms with Crippen molar-refractivity contribution in [2.75, 3.05) is 6.61 Å². The van der Waals surface area contributed by atoms with Crippen LogP contribution in [0.5, 0.6) is 0 Å². The van der Waals surface area contributed by atoms with Crippen molar-refractivity contribution in [3.05, 3.63) is 18.3 Å². The van der Waals surface area contributed by atoms with Gasteiger partial charge < -0.3 is 19.9 Å². The molecule has 0 aromatic carbocycles. The third-order valence-corrected chi connectivity index (χ3v) is 2.95. The molecule has 1 aliphatic heterocycles. The molecule has 4 atom stereocenters. The molecule has 1 aliphatic rings. The van der Waals surface area contributed by atoms with Gasteiger partial charge in [-0.1, -0.05) is 0 Å². The number of halogens is 1. The maximum absolute atomic E-state index is 13.8. The van der Waals surface area contributed by atoms with Gasteiger partial charge in [0.2, 0.25) is 0 Å². The van der Waals surface area contributed by atoms with Crippen molar-refractivity contribution in [1.29, 1.82) is 0 Å². The van der Waals surface area contributed by atoms with Crippen LogP contribution in [0.15, 0.2) is 12.5 Å². The molecule has 0 bridgehead atoms. The van der Waals surface area contributed by atoms with Gasteiger partial charge in [0.05, 0.1) is 19.1 Å². The summed E-state index contributed by atoms with van der Waals surface area (Å²) in [5.41, 5.74) is 1.03. The smallest absolute Gasteiger partial charge is 0.180 e. The third-order valence-electron chi connectivity index (χ3n) is 2.95. The number of aliphatic hydroxyl groups excluding tert-OH is 2. The van der Waals surface area contributed by atoms with E-state index in [1.54, 1.807) is 0 Å². The van der Waals surface area contributed by atoms with Crippen molar-refractivity contribution >= 4 is 11.2 Å². The highest BCUT2D eigenvalue weighted by Crippen LogP contribution is 2.34. The lowest BCUT2D eigenvalue weighted by atomic mass is 10.1. The lowest BCUT2D eigenvalue weighted by molar-refractivity contribution is -0.0248. The summed E-state index contributed by atoms with van der Waals surface area (Å²) in [6, 6.07) is 0. The Balaban J connectivity index is 1.94. The fraction of sp³-hybridized carbons (Fsp3) is 0.500. The SMILES string of the molecule is OC[C@H]1O[C@@H](c2ncc3[nH]cnc3n2)[C@@H](F)[C@@H]1O. The van der Waals surface area contributed by atoms with E-state index >= 15 is 0 Å². The van der Waals surface area contributed by atoms with E-state index in [1.807, 2.05) is 0 Å². The molecule has 0 spiro atoms. The van der Waals surface area contributed by atoms with Crippen LogP contribution >= 0.6 is 0 Å². The van der Waals surface area contributed by atoms with Gasteiger partial charge in [-0.05, 0) is 0 Å². The number of nitrogens with one attached hydrogen (secondary N) is 1. The standard InChI is InChI=1S/C10H11FN4O3/c11-6-7(17)5(2-16)18-8(6)10-12-1-4-9(15-10)14-3-13-4/h1,3,5-8,16-17H,2H2,(H,12,13,14,15)/t5-,6+,7-,8-/m1/s1. The molecule has 3 N–H and O–H groups in total. The minimum atomic E-state index is -1.67. The summed E-state index contributed by atoms with van der Waals surface area (Å²) in [5.74, 6) is 0.108. The number of rotatable bonds is 2. The second kappa shape index (κ2) is 4.23. The molecule has 7 nitrogen and oxygen atoms in total. The molecule has 2 aromatic rings. The van der Waals surface area contributed by atoms with Crippen LogP contribution in [-0.4, -0.2) is 55.1 Å². The maximum Gasteiger partial charge on any atom is 0.180 e. The van der Waals surface area contributed by atoms with Gasteiger partial charge >= 0.3 is 0 Å². The highest BCUT2D eigenvalue weighted by Gasteiger charge is 2.46. The van der Waals surface area contributed by atoms with Crippen LogP contribution in [0.2, 0.25) is 0 Å². The fourth-order valence-electron chi connectivity index (χ4n) is 1.97. The number of aromatic amines is 1. The number of alkyl halides is 1. The molecule has 3 rings (SSSR count). The molecule has 0 amide bonds. The van der Waals surface area contributed by atoms with E-state index in [1.165, 1.54) is 12.5 Å². The first-order valence-electron chi connectivity index (χ1n) is 5.45. The average Bonchev–Trinajstić information content (AvgIpc) is 2.95. The minimum Gasteiger partial charge on any atom is -0.394 e. The Bertz CT molecular complexity index is 563. The summed E-state index contributed by atoms with van der Waals surface area (Å²) in [5, 5.41) is 18.5. The Hall–Kier alpha value is -1.64. The van der Waals surface area contributed by atoms with Crippen LogP contribution in [0.1, 0.15) is 11.9 Å². The molecule has 0 radical (unpaired) electrons. The highest BCUT2D eigenvalue weighted by atomic mass is 19.1. The number of imidazole rings is 1. The molecule has 2 aromatic heterocycles. The molecule has 0 aliphatic carbocycles. The first kappa shape index (κ1) is 11.5. The topological polar surface area (TPSA) is 104 Å². The van der Waals surface area contributed by atoms with Gasteiger partial charge in [-0.3, -0.25) is 0 Å². The molecule has 18 heavy (non-hydrogen) atoms. The van der Waals surface area contributed by atoms with Crippen molar-refractivity contribution in [3.63, 3.8) is 0 Å². The van der Waals surface area contributed by atoms with E-state index < -0.39 is 31.1 Å². The predicted octanol–water partition coefficient (Wildman–Crippen LogP) is -0.516. The van der Waals surface area contributed by atoms with Crippen molar-refractivity contribution in [1.82, 2.24) is 19.9 Å². The Morgan fingerprint density at radius 1 is 1.44 bits per heavy atom. The summed E-state index contributed by atoms with van der Waals surface area (Å²) in [6.07, 6.45) is -2.16. The van der Waals surface area contributed by atoms with Crippen molar-refractivity contribution in [2.45, 2.75) is 24.5 Å². The second-order valence-electron chi connectivity index (χ2n) is 4.08. The van der Waals surface area contributed by atoms with Crippen LogP contribution in [0.3, 0.4) is 0 Å². The van der Waals surface area contributed by atoms with Crippen LogP contribution in [-0.2, 0) is 4.74 Å². The summed E-state index contributed by atoms with van der Waals surface area (Å²) < 4.78 is 19.0. The van der Waals surface area contributed by atoms with Gasteiger partial charge in [0, 0.05) is 0 Å². The van der Waals surface area contributed by atoms with Gasteiger partial charge in [0.25, 0.3) is 0 Å². The van der Waals surface area contributed by atoms with Crippen LogP contribution in [0.25, 0.3) is 11.2 Å². The van der Waals surface area contributed by atoms with E-state index in [9.17, 15) is 9.50 Å². The van der Waals surface area contributed by atoms with E-state index in [0.29, 0.717) is 11.2 Å². The number of H-pyrrole nitrogens is 1. The van der Waals surface area contributed by atoms with Crippen LogP contribution in [0, 0.1) is 0 Å². The van der Waals surface area contributed by atoms with E-state index in [2.05, 4.69) is 19.9 Å². The monoisotopic (exact) mass is 254 g/mol. The van der Waals surface area contributed by atoms with Crippen molar-refractivity contribution in [2.24, 2.45) is 0 Å². The van der Waals surface area contributed by atoms with Gasteiger partial charge in [-0.2, -0.15) is 0 Å². The van der Waals surface area contributed by atoms with Crippen LogP contribution < -0.4 is 0 Å². The molecule has 3 heterocycles. The number of hydrogen-bond donors (Lipinski definition) is 3. The maximum atomic E-state index is 13.8. The second-order valence-corrected chi connectivity index (χ2v) is 4.08. The molecule has 96 valence electrons. The number of aromatic nitrogens is 4. The zero-order valence-corrected chi connectivity index (χ0v) is 9.19. The summed E-state index contributed by atoms with van der Waals surface area (Å²) in [4.78, 5) is 14.8. The molecular formula is C10H11FN4O3. The van der Waals surface area contributed by atoms with Crippen molar-refractivity contribution in [3.8, 4) is 0 Å². The summed E-state index contributed by atoms with van der Waals surface area (Å²) in [7, 11) is 0. The third kappa shape index (κ3) is 1.65. The van der Waals surface area contributed by atoms with E-state index in [-0.39, 0.29) is 5.82 Å². The van der Waals surface area contributed by atoms with E-state index in [0.717, 1.165) is 0 Å². The minimum absolute atomic E-state index is 0.108. The Morgan fingerprint density at radius 3 is 3.00 bits per heavy atom. The summed E-state index contributed by atoms with van der Waals surface area (Å²) in [6.45, 7) is -0.456. The van der Waals surface area contributed by atoms with Crippen LogP contribution in [0.4, 0.5) is 4.39 Å². The highest BCUT2D eigenvalue weighted by molar-refractivity contribution is 5.68. The van der Waals surface area contributed by atoms with Gasteiger partial charge in [-0.25, -0.2) is 19.3 Å². The number of aliphatic hydroxyl groups is 2. The lowest BCUT2D eigenvalue weighted by Gasteiger charge is -2.10. The number of nitrogens with zero attached hydrogens (tertiary/aromatic N) is 3. The number of ether oxygens (including phenoxy) is 1. The molecule has 1 fully saturated rings. The lowest BCUT2D eigenvalue weighted by Crippen LogP contribution is -2.30. The Morgan fingerprint density at radius 2 is 2.28 bits per heavy atom. The zero-order chi connectivity index (χ0) is 12.7.